The molecule has 0 spiro atoms. The summed E-state index contributed by atoms with van der Waals surface area (Å²) in [6, 6.07) is 0. The van der Waals surface area contributed by atoms with E-state index in [9.17, 15) is 13.2 Å². The van der Waals surface area contributed by atoms with Gasteiger partial charge in [-0.05, 0) is 0 Å². The van der Waals surface area contributed by atoms with E-state index in [2.05, 4.69) is 4.98 Å². The summed E-state index contributed by atoms with van der Waals surface area (Å²) >= 11 is 2.68. The van der Waals surface area contributed by atoms with E-state index < -0.39 is 11.9 Å². The number of nitrogens with zero attached hydrogens (tertiary/aromatic N) is 1. The van der Waals surface area contributed by atoms with Crippen LogP contribution in [-0.4, -0.2) is 17.8 Å². The molecule has 90 valence electrons. The maximum atomic E-state index is 12.4. The Kier molecular flexibility index (Phi) is 5.86. The van der Waals surface area contributed by atoms with Gasteiger partial charge in [0.1, 0.15) is 4.34 Å². The summed E-state index contributed by atoms with van der Waals surface area (Å²) in [6.45, 7) is 0.478. The van der Waals surface area contributed by atoms with Crippen molar-refractivity contribution in [2.75, 3.05) is 12.9 Å². The van der Waals surface area contributed by atoms with Gasteiger partial charge in [0, 0.05) is 25.5 Å². The lowest BCUT2D eigenvalue weighted by atomic mass is 10.4. The number of hydrogen-bond donors (Lipinski definition) is 0. The van der Waals surface area contributed by atoms with Crippen LogP contribution in [0.2, 0.25) is 0 Å². The zero-order valence-electron chi connectivity index (χ0n) is 8.50. The van der Waals surface area contributed by atoms with E-state index in [1.54, 1.807) is 13.3 Å². The van der Waals surface area contributed by atoms with Gasteiger partial charge < -0.3 is 4.74 Å². The van der Waals surface area contributed by atoms with Gasteiger partial charge >= 0.3 is 6.08 Å². The molecule has 0 aliphatic carbocycles. The third-order valence-corrected chi connectivity index (χ3v) is 3.70. The smallest absolute Gasteiger partial charge is 0.301 e. The summed E-state index contributed by atoms with van der Waals surface area (Å²) in [5, 5.41) is 0. The molecule has 0 saturated carbocycles. The van der Waals surface area contributed by atoms with E-state index >= 15 is 0 Å². The van der Waals surface area contributed by atoms with E-state index in [1.165, 1.54) is 23.1 Å². The molecule has 0 saturated heterocycles. The Balaban J connectivity index is 2.34. The normalized spacial score (nSPS) is 10.5. The first-order valence-corrected chi connectivity index (χ1v) is 6.19. The molecule has 0 fully saturated rings. The maximum Gasteiger partial charge on any atom is 0.301 e. The zero-order valence-corrected chi connectivity index (χ0v) is 10.1. The van der Waals surface area contributed by atoms with Crippen LogP contribution in [-0.2, 0) is 11.3 Å². The first-order chi connectivity index (χ1) is 7.63. The molecule has 0 bridgehead atoms. The average molecular weight is 269 g/mol. The molecule has 1 aromatic rings. The Bertz CT molecular complexity index is 363. The van der Waals surface area contributed by atoms with Crippen molar-refractivity contribution < 1.29 is 17.9 Å². The lowest BCUT2D eigenvalue weighted by Gasteiger charge is -1.95. The van der Waals surface area contributed by atoms with Crippen LogP contribution >= 0.6 is 23.1 Å². The first-order valence-electron chi connectivity index (χ1n) is 4.39. The number of thiazole rings is 1. The van der Waals surface area contributed by atoms with Gasteiger partial charge in [0.2, 0.25) is 0 Å². The van der Waals surface area contributed by atoms with E-state index in [0.29, 0.717) is 6.61 Å². The Morgan fingerprint density at radius 2 is 2.25 bits per heavy atom. The minimum atomic E-state index is -2.24. The number of hydrogen-bond acceptors (Lipinski definition) is 4. The SMILES string of the molecule is COCc1cnc(SCCC(F)=C(F)F)s1. The molecular formula is C9H10F3NOS2. The molecule has 0 aliphatic heterocycles. The maximum absolute atomic E-state index is 12.4. The van der Waals surface area contributed by atoms with Gasteiger partial charge in [-0.2, -0.15) is 8.78 Å². The highest BCUT2D eigenvalue weighted by Gasteiger charge is 2.07. The van der Waals surface area contributed by atoms with E-state index in [4.69, 9.17) is 4.74 Å². The van der Waals surface area contributed by atoms with Crippen LogP contribution in [0.4, 0.5) is 13.2 Å². The van der Waals surface area contributed by atoms with Crippen molar-refractivity contribution in [3.05, 3.63) is 23.0 Å². The lowest BCUT2D eigenvalue weighted by molar-refractivity contribution is 0.187. The summed E-state index contributed by atoms with van der Waals surface area (Å²) in [5.41, 5.74) is 0. The highest BCUT2D eigenvalue weighted by Crippen LogP contribution is 2.26. The van der Waals surface area contributed by atoms with Gasteiger partial charge in [-0.3, -0.25) is 0 Å². The highest BCUT2D eigenvalue weighted by molar-refractivity contribution is 8.01. The van der Waals surface area contributed by atoms with Crippen LogP contribution in [0.3, 0.4) is 0 Å². The van der Waals surface area contributed by atoms with Crippen molar-refractivity contribution >= 4 is 23.1 Å². The van der Waals surface area contributed by atoms with Crippen molar-refractivity contribution in [3.8, 4) is 0 Å². The van der Waals surface area contributed by atoms with Gasteiger partial charge in [-0.15, -0.1) is 11.3 Å². The predicted molar refractivity (Wildman–Crippen MR) is 58.5 cm³/mol. The highest BCUT2D eigenvalue weighted by atomic mass is 32.2. The number of thioether (sulfide) groups is 1. The summed E-state index contributed by atoms with van der Waals surface area (Å²) in [6.07, 6.45) is -0.843. The largest absolute Gasteiger partial charge is 0.379 e. The molecule has 1 aromatic heterocycles. The molecule has 0 unspecified atom stereocenters. The number of allylic oxidation sites excluding steroid dienone is 1. The summed E-state index contributed by atoms with van der Waals surface area (Å²) < 4.78 is 41.5. The molecule has 0 amide bonds. The van der Waals surface area contributed by atoms with Crippen LogP contribution in [0, 0.1) is 0 Å². The molecule has 0 N–H and O–H groups in total. The number of aromatic nitrogens is 1. The molecule has 16 heavy (non-hydrogen) atoms. The fraction of sp³-hybridized carbons (Fsp3) is 0.444. The van der Waals surface area contributed by atoms with Gasteiger partial charge in [-0.25, -0.2) is 9.37 Å². The quantitative estimate of drug-likeness (QED) is 0.732. The van der Waals surface area contributed by atoms with E-state index in [0.717, 1.165) is 9.22 Å². The second-order valence-electron chi connectivity index (χ2n) is 2.79. The number of halogens is 3. The second kappa shape index (κ2) is 6.93. The molecule has 0 atom stereocenters. The summed E-state index contributed by atoms with van der Waals surface area (Å²) in [4.78, 5) is 5.01. The van der Waals surface area contributed by atoms with Gasteiger partial charge in [0.05, 0.1) is 11.5 Å². The first kappa shape index (κ1) is 13.5. The van der Waals surface area contributed by atoms with Crippen molar-refractivity contribution in [2.24, 2.45) is 0 Å². The van der Waals surface area contributed by atoms with Crippen molar-refractivity contribution in [3.63, 3.8) is 0 Å². The monoisotopic (exact) mass is 269 g/mol. The standard InChI is InChI=1S/C9H10F3NOS2/c1-14-5-6-4-13-9(16-6)15-3-2-7(10)8(11)12/h4H,2-3,5H2,1H3. The molecule has 0 aliphatic rings. The molecular weight excluding hydrogens is 259 g/mol. The molecule has 1 rings (SSSR count). The van der Waals surface area contributed by atoms with Crippen LogP contribution in [0.1, 0.15) is 11.3 Å². The lowest BCUT2D eigenvalue weighted by Crippen LogP contribution is -1.82. The summed E-state index contributed by atoms with van der Waals surface area (Å²) in [7, 11) is 1.58. The fourth-order valence-electron chi connectivity index (χ4n) is 0.888. The average Bonchev–Trinajstić information content (AvgIpc) is 2.66. The Morgan fingerprint density at radius 1 is 1.50 bits per heavy atom. The predicted octanol–water partition coefficient (Wildman–Crippen LogP) is 3.85. The van der Waals surface area contributed by atoms with Gasteiger partial charge in [0.25, 0.3) is 0 Å². The Morgan fingerprint density at radius 3 is 2.88 bits per heavy atom. The van der Waals surface area contributed by atoms with Crippen LogP contribution in [0.5, 0.6) is 0 Å². The fourth-order valence-corrected chi connectivity index (χ4v) is 2.89. The van der Waals surface area contributed by atoms with Crippen molar-refractivity contribution in [2.45, 2.75) is 17.4 Å². The van der Waals surface area contributed by atoms with Crippen LogP contribution < -0.4 is 0 Å². The molecule has 1 heterocycles. The second-order valence-corrected chi connectivity index (χ2v) is 5.25. The Labute approximate surface area is 99.5 Å². The number of methoxy groups -OCH3 is 1. The third kappa shape index (κ3) is 4.54. The molecule has 0 radical (unpaired) electrons. The minimum Gasteiger partial charge on any atom is -0.379 e. The molecule has 0 aromatic carbocycles. The minimum absolute atomic E-state index is 0.253. The van der Waals surface area contributed by atoms with E-state index in [1.807, 2.05) is 0 Å². The topological polar surface area (TPSA) is 22.1 Å². The van der Waals surface area contributed by atoms with E-state index in [-0.39, 0.29) is 12.2 Å². The Hall–Kier alpha value is -0.530. The van der Waals surface area contributed by atoms with Gasteiger partial charge in [-0.1, -0.05) is 11.8 Å². The number of rotatable bonds is 6. The van der Waals surface area contributed by atoms with Crippen molar-refractivity contribution in [1.29, 1.82) is 0 Å². The molecule has 7 heteroatoms. The van der Waals surface area contributed by atoms with Crippen molar-refractivity contribution in [1.82, 2.24) is 4.98 Å². The van der Waals surface area contributed by atoms with Gasteiger partial charge in [0.15, 0.2) is 5.83 Å². The molecule has 2 nitrogen and oxygen atoms in total. The summed E-state index contributed by atoms with van der Waals surface area (Å²) in [5.74, 6) is -1.09. The van der Waals surface area contributed by atoms with Crippen LogP contribution in [0.15, 0.2) is 22.4 Å². The van der Waals surface area contributed by atoms with Crippen LogP contribution in [0.25, 0.3) is 0 Å². The third-order valence-electron chi connectivity index (χ3n) is 1.57. The zero-order chi connectivity index (χ0) is 12.0. The number of ether oxygens (including phenoxy) is 1.